The van der Waals surface area contributed by atoms with Gasteiger partial charge in [-0.25, -0.2) is 0 Å². The number of pyridine rings is 1. The fourth-order valence-corrected chi connectivity index (χ4v) is 3.15. The first-order valence-corrected chi connectivity index (χ1v) is 8.20. The molecule has 0 atom stereocenters. The summed E-state index contributed by atoms with van der Waals surface area (Å²) in [6.45, 7) is 4.53. The smallest absolute Gasteiger partial charge is 0.197 e. The standard InChI is InChI=1S/C20H23NO2/c1-20(2,23)13-7-8-14-21-17-11-5-3-9-15(17)19(22)16-10-4-6-12-18(16)21/h3-6,9-12,23H,7-8,13-14H2,1-2H3. The lowest BCUT2D eigenvalue weighted by molar-refractivity contribution is 0.0679. The van der Waals surface area contributed by atoms with Crippen LogP contribution in [0.4, 0.5) is 0 Å². The van der Waals surface area contributed by atoms with Crippen molar-refractivity contribution in [2.24, 2.45) is 0 Å². The van der Waals surface area contributed by atoms with Crippen molar-refractivity contribution in [2.45, 2.75) is 45.3 Å². The van der Waals surface area contributed by atoms with Gasteiger partial charge in [-0.05, 0) is 57.4 Å². The lowest BCUT2D eigenvalue weighted by Gasteiger charge is -2.18. The van der Waals surface area contributed by atoms with Gasteiger partial charge >= 0.3 is 0 Å². The maximum atomic E-state index is 12.7. The van der Waals surface area contributed by atoms with E-state index in [2.05, 4.69) is 4.57 Å². The van der Waals surface area contributed by atoms with Crippen LogP contribution in [-0.2, 0) is 6.54 Å². The number of unbranched alkanes of at least 4 members (excludes halogenated alkanes) is 1. The van der Waals surface area contributed by atoms with E-state index >= 15 is 0 Å². The Bertz CT molecular complexity index is 827. The second-order valence-corrected chi connectivity index (χ2v) is 6.78. The van der Waals surface area contributed by atoms with Crippen LogP contribution in [0.2, 0.25) is 0 Å². The molecule has 23 heavy (non-hydrogen) atoms. The minimum absolute atomic E-state index is 0.101. The summed E-state index contributed by atoms with van der Waals surface area (Å²) >= 11 is 0. The van der Waals surface area contributed by atoms with Gasteiger partial charge in [0.15, 0.2) is 5.43 Å². The molecule has 120 valence electrons. The third kappa shape index (κ3) is 3.30. The summed E-state index contributed by atoms with van der Waals surface area (Å²) in [7, 11) is 0. The molecule has 3 nitrogen and oxygen atoms in total. The highest BCUT2D eigenvalue weighted by atomic mass is 16.3. The molecule has 3 aromatic rings. The molecule has 0 radical (unpaired) electrons. The minimum atomic E-state index is -0.617. The first-order valence-electron chi connectivity index (χ1n) is 8.20. The van der Waals surface area contributed by atoms with Gasteiger partial charge in [0.1, 0.15) is 0 Å². The Hall–Kier alpha value is -2.13. The SMILES string of the molecule is CC(C)(O)CCCCn1c2ccccc2c(=O)c2ccccc21. The molecule has 0 bridgehead atoms. The summed E-state index contributed by atoms with van der Waals surface area (Å²) in [5, 5.41) is 11.4. The van der Waals surface area contributed by atoms with E-state index < -0.39 is 5.60 Å². The molecule has 0 aliphatic rings. The van der Waals surface area contributed by atoms with E-state index in [4.69, 9.17) is 0 Å². The van der Waals surface area contributed by atoms with Gasteiger partial charge in [0.05, 0.1) is 16.6 Å². The maximum Gasteiger partial charge on any atom is 0.197 e. The van der Waals surface area contributed by atoms with Crippen LogP contribution in [-0.4, -0.2) is 15.3 Å². The van der Waals surface area contributed by atoms with Crippen molar-refractivity contribution < 1.29 is 5.11 Å². The second kappa shape index (κ2) is 6.17. The highest BCUT2D eigenvalue weighted by molar-refractivity contribution is 5.93. The van der Waals surface area contributed by atoms with E-state index in [0.717, 1.165) is 47.6 Å². The summed E-state index contributed by atoms with van der Waals surface area (Å²) in [5.74, 6) is 0. The third-order valence-corrected chi connectivity index (χ3v) is 4.30. The zero-order chi connectivity index (χ0) is 16.4. The first-order chi connectivity index (χ1) is 11.0. The summed E-state index contributed by atoms with van der Waals surface area (Å²) in [6, 6.07) is 15.6. The maximum absolute atomic E-state index is 12.7. The molecule has 0 spiro atoms. The van der Waals surface area contributed by atoms with Crippen molar-refractivity contribution in [2.75, 3.05) is 0 Å². The van der Waals surface area contributed by atoms with Crippen LogP contribution in [0.5, 0.6) is 0 Å². The van der Waals surface area contributed by atoms with E-state index in [0.29, 0.717) is 0 Å². The van der Waals surface area contributed by atoms with Crippen molar-refractivity contribution in [3.8, 4) is 0 Å². The average molecular weight is 309 g/mol. The van der Waals surface area contributed by atoms with E-state index in [1.54, 1.807) is 0 Å². The van der Waals surface area contributed by atoms with Crippen molar-refractivity contribution in [1.82, 2.24) is 4.57 Å². The number of fused-ring (bicyclic) bond motifs is 2. The molecule has 2 aromatic carbocycles. The Labute approximate surface area is 136 Å². The highest BCUT2D eigenvalue weighted by Gasteiger charge is 2.13. The van der Waals surface area contributed by atoms with Crippen LogP contribution in [0.15, 0.2) is 53.3 Å². The van der Waals surface area contributed by atoms with Crippen LogP contribution < -0.4 is 5.43 Å². The number of aliphatic hydroxyl groups is 1. The summed E-state index contributed by atoms with van der Waals surface area (Å²) in [6.07, 6.45) is 2.71. The number of para-hydroxylation sites is 2. The number of aryl methyl sites for hydroxylation is 1. The second-order valence-electron chi connectivity index (χ2n) is 6.78. The molecular weight excluding hydrogens is 286 g/mol. The predicted molar refractivity (Wildman–Crippen MR) is 95.9 cm³/mol. The topological polar surface area (TPSA) is 42.2 Å². The minimum Gasteiger partial charge on any atom is -0.390 e. The number of hydrogen-bond acceptors (Lipinski definition) is 2. The average Bonchev–Trinajstić information content (AvgIpc) is 2.53. The van der Waals surface area contributed by atoms with Crippen LogP contribution in [0.1, 0.15) is 33.1 Å². The molecule has 0 fully saturated rings. The van der Waals surface area contributed by atoms with Gasteiger partial charge in [-0.15, -0.1) is 0 Å². The van der Waals surface area contributed by atoms with E-state index in [-0.39, 0.29) is 5.43 Å². The summed E-state index contributed by atoms with van der Waals surface area (Å²) in [5.41, 5.74) is 1.45. The Kier molecular flexibility index (Phi) is 4.22. The molecule has 0 unspecified atom stereocenters. The van der Waals surface area contributed by atoms with Crippen molar-refractivity contribution in [3.63, 3.8) is 0 Å². The number of rotatable bonds is 5. The Morgan fingerprint density at radius 1 is 0.913 bits per heavy atom. The quantitative estimate of drug-likeness (QED) is 0.569. The van der Waals surface area contributed by atoms with Gasteiger partial charge in [0, 0.05) is 17.3 Å². The van der Waals surface area contributed by atoms with Crippen LogP contribution in [0, 0.1) is 0 Å². The molecule has 0 saturated carbocycles. The van der Waals surface area contributed by atoms with Gasteiger partial charge in [-0.1, -0.05) is 24.3 Å². The monoisotopic (exact) mass is 309 g/mol. The van der Waals surface area contributed by atoms with E-state index in [1.165, 1.54) is 0 Å². The first kappa shape index (κ1) is 15.8. The molecular formula is C20H23NO2. The largest absolute Gasteiger partial charge is 0.390 e. The van der Waals surface area contributed by atoms with E-state index in [9.17, 15) is 9.90 Å². The van der Waals surface area contributed by atoms with Gasteiger partial charge in [-0.3, -0.25) is 4.79 Å². The molecule has 1 N–H and O–H groups in total. The van der Waals surface area contributed by atoms with Crippen molar-refractivity contribution in [3.05, 3.63) is 58.8 Å². The Morgan fingerprint density at radius 3 is 1.96 bits per heavy atom. The Balaban J connectivity index is 2.03. The zero-order valence-corrected chi connectivity index (χ0v) is 13.7. The molecule has 3 heteroatoms. The molecule has 1 heterocycles. The van der Waals surface area contributed by atoms with E-state index in [1.807, 2.05) is 62.4 Å². The number of benzene rings is 2. The fraction of sp³-hybridized carbons (Fsp3) is 0.350. The van der Waals surface area contributed by atoms with Crippen LogP contribution in [0.25, 0.3) is 21.8 Å². The van der Waals surface area contributed by atoms with Gasteiger partial charge in [0.2, 0.25) is 0 Å². The van der Waals surface area contributed by atoms with Crippen LogP contribution >= 0.6 is 0 Å². The summed E-state index contributed by atoms with van der Waals surface area (Å²) < 4.78 is 2.23. The normalized spacial score (nSPS) is 12.1. The summed E-state index contributed by atoms with van der Waals surface area (Å²) in [4.78, 5) is 12.7. The number of hydrogen-bond donors (Lipinski definition) is 1. The van der Waals surface area contributed by atoms with Gasteiger partial charge < -0.3 is 9.67 Å². The molecule has 0 saturated heterocycles. The number of aromatic nitrogens is 1. The van der Waals surface area contributed by atoms with Gasteiger partial charge in [-0.2, -0.15) is 0 Å². The lowest BCUT2D eigenvalue weighted by Crippen LogP contribution is -2.18. The van der Waals surface area contributed by atoms with Crippen LogP contribution in [0.3, 0.4) is 0 Å². The number of nitrogens with zero attached hydrogens (tertiary/aromatic N) is 1. The zero-order valence-electron chi connectivity index (χ0n) is 13.7. The third-order valence-electron chi connectivity index (χ3n) is 4.30. The fourth-order valence-electron chi connectivity index (χ4n) is 3.15. The lowest BCUT2D eigenvalue weighted by atomic mass is 10.0. The van der Waals surface area contributed by atoms with Gasteiger partial charge in [0.25, 0.3) is 0 Å². The Morgan fingerprint density at radius 2 is 1.43 bits per heavy atom. The molecule has 0 amide bonds. The molecule has 3 rings (SSSR count). The van der Waals surface area contributed by atoms with Crippen molar-refractivity contribution >= 4 is 21.8 Å². The predicted octanol–water partition coefficient (Wildman–Crippen LogP) is 4.10. The van der Waals surface area contributed by atoms with Crippen molar-refractivity contribution in [1.29, 1.82) is 0 Å². The molecule has 1 aromatic heterocycles. The highest BCUT2D eigenvalue weighted by Crippen LogP contribution is 2.20. The molecule has 0 aliphatic carbocycles. The molecule has 0 aliphatic heterocycles.